The number of hydrogen-bond acceptors (Lipinski definition) is 4. The van der Waals surface area contributed by atoms with Gasteiger partial charge in [0.15, 0.2) is 6.10 Å². The first kappa shape index (κ1) is 15.6. The molecule has 0 saturated carbocycles. The molecule has 7 heteroatoms. The van der Waals surface area contributed by atoms with Crippen molar-refractivity contribution in [1.29, 1.82) is 0 Å². The first-order chi connectivity index (χ1) is 10.0. The van der Waals surface area contributed by atoms with E-state index in [9.17, 15) is 14.7 Å². The fourth-order valence-electron chi connectivity index (χ4n) is 2.27. The number of hydrogen-bond donors (Lipinski definition) is 1. The third kappa shape index (κ3) is 3.86. The predicted octanol–water partition coefficient (Wildman–Crippen LogP) is 1.80. The maximum Gasteiger partial charge on any atom is 0.407 e. The van der Waals surface area contributed by atoms with Crippen LogP contribution < -0.4 is 0 Å². The highest BCUT2D eigenvalue weighted by Crippen LogP contribution is 2.18. The Morgan fingerprint density at radius 1 is 1.43 bits per heavy atom. The number of ether oxygens (including phenoxy) is 2. The van der Waals surface area contributed by atoms with Crippen LogP contribution in [0.25, 0.3) is 0 Å². The number of morpholine rings is 1. The third-order valence-corrected chi connectivity index (χ3v) is 3.64. The van der Waals surface area contributed by atoms with Gasteiger partial charge in [-0.15, -0.1) is 0 Å². The van der Waals surface area contributed by atoms with Crippen LogP contribution in [-0.4, -0.2) is 54.5 Å². The number of carbonyl (C=O) groups is 2. The second kappa shape index (κ2) is 6.78. The Bertz CT molecular complexity index is 519. The van der Waals surface area contributed by atoms with Crippen LogP contribution in [0.15, 0.2) is 24.3 Å². The molecule has 6 nitrogen and oxygen atoms in total. The molecule has 1 aromatic rings. The molecule has 21 heavy (non-hydrogen) atoms. The van der Waals surface area contributed by atoms with Crippen LogP contribution in [0.3, 0.4) is 0 Å². The molecule has 1 N–H and O–H groups in total. The number of methoxy groups -OCH3 is 1. The van der Waals surface area contributed by atoms with Crippen LogP contribution in [0.2, 0.25) is 5.02 Å². The Kier molecular flexibility index (Phi) is 5.03. The Hall–Kier alpha value is -1.79. The summed E-state index contributed by atoms with van der Waals surface area (Å²) in [5.41, 5.74) is 0.954. The van der Waals surface area contributed by atoms with Crippen molar-refractivity contribution in [1.82, 2.24) is 4.90 Å². The van der Waals surface area contributed by atoms with Crippen LogP contribution in [0, 0.1) is 0 Å². The van der Waals surface area contributed by atoms with Crippen molar-refractivity contribution in [3.8, 4) is 0 Å². The average Bonchev–Trinajstić information content (AvgIpc) is 2.49. The van der Waals surface area contributed by atoms with Crippen molar-refractivity contribution in [3.05, 3.63) is 34.9 Å². The molecular weight excluding hydrogens is 298 g/mol. The molecule has 0 spiro atoms. The van der Waals surface area contributed by atoms with E-state index in [0.717, 1.165) is 5.56 Å². The summed E-state index contributed by atoms with van der Waals surface area (Å²) in [6.45, 7) is 0.120. The zero-order chi connectivity index (χ0) is 15.4. The minimum absolute atomic E-state index is 0.0275. The summed E-state index contributed by atoms with van der Waals surface area (Å²) < 4.78 is 10.0. The molecule has 2 atom stereocenters. The standard InChI is InChI=1S/C14H16ClNO5/c1-20-13(17)12-7-16(14(18)19)11(8-21-12)6-9-2-4-10(15)5-3-9/h2-5,11-12H,6-8H2,1H3,(H,18,19)/t11-,12+/m0/s1. The van der Waals surface area contributed by atoms with E-state index in [1.807, 2.05) is 12.1 Å². The van der Waals surface area contributed by atoms with E-state index < -0.39 is 18.2 Å². The molecule has 0 bridgehead atoms. The zero-order valence-corrected chi connectivity index (χ0v) is 12.2. The van der Waals surface area contributed by atoms with E-state index in [-0.39, 0.29) is 19.2 Å². The molecule has 1 amide bonds. The molecule has 1 aromatic carbocycles. The number of nitrogens with zero attached hydrogens (tertiary/aromatic N) is 1. The van der Waals surface area contributed by atoms with Gasteiger partial charge in [-0.25, -0.2) is 9.59 Å². The van der Waals surface area contributed by atoms with Gasteiger partial charge in [-0.3, -0.25) is 4.90 Å². The summed E-state index contributed by atoms with van der Waals surface area (Å²) in [5.74, 6) is -0.564. The molecule has 114 valence electrons. The summed E-state index contributed by atoms with van der Waals surface area (Å²) in [5, 5.41) is 9.92. The largest absolute Gasteiger partial charge is 0.467 e. The fraction of sp³-hybridized carbons (Fsp3) is 0.429. The zero-order valence-electron chi connectivity index (χ0n) is 11.5. The first-order valence-corrected chi connectivity index (χ1v) is 6.82. The highest BCUT2D eigenvalue weighted by molar-refractivity contribution is 6.30. The number of amides is 1. The average molecular weight is 314 g/mol. The SMILES string of the molecule is COC(=O)[C@H]1CN(C(=O)O)[C@@H](Cc2ccc(Cl)cc2)CO1. The lowest BCUT2D eigenvalue weighted by molar-refractivity contribution is -0.161. The van der Waals surface area contributed by atoms with Gasteiger partial charge < -0.3 is 14.6 Å². The van der Waals surface area contributed by atoms with E-state index in [1.165, 1.54) is 12.0 Å². The Morgan fingerprint density at radius 3 is 2.67 bits per heavy atom. The monoisotopic (exact) mass is 313 g/mol. The van der Waals surface area contributed by atoms with E-state index in [4.69, 9.17) is 16.3 Å². The second-order valence-corrected chi connectivity index (χ2v) is 5.20. The lowest BCUT2D eigenvalue weighted by atomic mass is 10.0. The minimum atomic E-state index is -1.08. The van der Waals surface area contributed by atoms with Gasteiger partial charge in [-0.2, -0.15) is 0 Å². The van der Waals surface area contributed by atoms with Crippen LogP contribution in [0.1, 0.15) is 5.56 Å². The molecule has 0 radical (unpaired) electrons. The maximum atomic E-state index is 11.5. The van der Waals surface area contributed by atoms with E-state index in [0.29, 0.717) is 11.4 Å². The van der Waals surface area contributed by atoms with Gasteiger partial charge >= 0.3 is 12.1 Å². The predicted molar refractivity (Wildman–Crippen MR) is 75.4 cm³/mol. The number of halogens is 1. The Morgan fingerprint density at radius 2 is 2.10 bits per heavy atom. The van der Waals surface area contributed by atoms with E-state index in [2.05, 4.69) is 4.74 Å². The Balaban J connectivity index is 2.07. The highest BCUT2D eigenvalue weighted by Gasteiger charge is 2.36. The lowest BCUT2D eigenvalue weighted by Crippen LogP contribution is -2.55. The molecule has 1 heterocycles. The molecule has 1 aliphatic rings. The molecule has 2 rings (SSSR count). The summed E-state index contributed by atoms with van der Waals surface area (Å²) in [6.07, 6.45) is -1.45. The first-order valence-electron chi connectivity index (χ1n) is 6.44. The van der Waals surface area contributed by atoms with E-state index in [1.54, 1.807) is 12.1 Å². The third-order valence-electron chi connectivity index (χ3n) is 3.39. The molecule has 1 fully saturated rings. The van der Waals surface area contributed by atoms with Gasteiger partial charge in [0.25, 0.3) is 0 Å². The van der Waals surface area contributed by atoms with Crippen molar-refractivity contribution in [2.45, 2.75) is 18.6 Å². The molecule has 0 aromatic heterocycles. The summed E-state index contributed by atoms with van der Waals surface area (Å²) >= 11 is 5.82. The highest BCUT2D eigenvalue weighted by atomic mass is 35.5. The van der Waals surface area contributed by atoms with Crippen molar-refractivity contribution in [2.75, 3.05) is 20.3 Å². The van der Waals surface area contributed by atoms with Gasteiger partial charge in [0.1, 0.15) is 0 Å². The molecule has 0 unspecified atom stereocenters. The summed E-state index contributed by atoms with van der Waals surface area (Å²) in [4.78, 5) is 24.0. The van der Waals surface area contributed by atoms with E-state index >= 15 is 0 Å². The van der Waals surface area contributed by atoms with Crippen LogP contribution in [0.5, 0.6) is 0 Å². The van der Waals surface area contributed by atoms with Gasteiger partial charge in [-0.05, 0) is 24.1 Å². The molecular formula is C14H16ClNO5. The molecule has 1 saturated heterocycles. The summed E-state index contributed by atoms with van der Waals surface area (Å²) in [7, 11) is 1.25. The normalized spacial score (nSPS) is 21.9. The number of rotatable bonds is 3. The lowest BCUT2D eigenvalue weighted by Gasteiger charge is -2.36. The van der Waals surface area contributed by atoms with Crippen molar-refractivity contribution >= 4 is 23.7 Å². The second-order valence-electron chi connectivity index (χ2n) is 4.76. The molecule has 1 aliphatic heterocycles. The maximum absolute atomic E-state index is 11.5. The van der Waals surface area contributed by atoms with Gasteiger partial charge in [0.2, 0.25) is 0 Å². The summed E-state index contributed by atoms with van der Waals surface area (Å²) in [6, 6.07) is 6.85. The van der Waals surface area contributed by atoms with Crippen LogP contribution in [0.4, 0.5) is 4.79 Å². The van der Waals surface area contributed by atoms with Crippen LogP contribution >= 0.6 is 11.6 Å². The number of benzene rings is 1. The van der Waals surface area contributed by atoms with Gasteiger partial charge in [0.05, 0.1) is 26.3 Å². The smallest absolute Gasteiger partial charge is 0.407 e. The number of esters is 1. The van der Waals surface area contributed by atoms with Crippen molar-refractivity contribution in [2.24, 2.45) is 0 Å². The van der Waals surface area contributed by atoms with Crippen LogP contribution in [-0.2, 0) is 20.7 Å². The number of carbonyl (C=O) groups excluding carboxylic acids is 1. The molecule has 0 aliphatic carbocycles. The number of carboxylic acid groups (broad SMARTS) is 1. The van der Waals surface area contributed by atoms with Gasteiger partial charge in [-0.1, -0.05) is 23.7 Å². The minimum Gasteiger partial charge on any atom is -0.467 e. The Labute approximate surface area is 127 Å². The van der Waals surface area contributed by atoms with Crippen molar-refractivity contribution < 1.29 is 24.2 Å². The fourth-order valence-corrected chi connectivity index (χ4v) is 2.39. The van der Waals surface area contributed by atoms with Crippen molar-refractivity contribution in [3.63, 3.8) is 0 Å². The quantitative estimate of drug-likeness (QED) is 0.861. The topological polar surface area (TPSA) is 76.1 Å². The van der Waals surface area contributed by atoms with Gasteiger partial charge in [0, 0.05) is 5.02 Å².